The number of nitrogens with one attached hydrogen (secondary N) is 1. The van der Waals surface area contributed by atoms with Crippen molar-refractivity contribution < 1.29 is 31.5 Å². The zero-order chi connectivity index (χ0) is 17.0. The van der Waals surface area contributed by atoms with Crippen molar-refractivity contribution in [2.75, 3.05) is 12.4 Å². The lowest BCUT2D eigenvalue weighted by molar-refractivity contribution is -0.154. The second-order valence-corrected chi connectivity index (χ2v) is 5.17. The number of carbonyl (C=O) groups is 1. The van der Waals surface area contributed by atoms with Gasteiger partial charge in [-0.1, -0.05) is 11.8 Å². The molecule has 5 nitrogen and oxygen atoms in total. The number of hydrogen-bond donors (Lipinski definition) is 1. The minimum absolute atomic E-state index is 0.0713. The number of amides is 1. The Kier molecular flexibility index (Phi) is 5.19. The SMILES string of the molecule is O=C1CSC(=NN=Cc2cc(F)c(OCC(F)(F)F)c(F)c2)N1. The molecule has 2 rings (SSSR count). The fourth-order valence-electron chi connectivity index (χ4n) is 1.47. The zero-order valence-electron chi connectivity index (χ0n) is 11.2. The molecule has 0 bridgehead atoms. The van der Waals surface area contributed by atoms with Crippen LogP contribution in [0.3, 0.4) is 0 Å². The number of carbonyl (C=O) groups excluding carboxylic acids is 1. The maximum absolute atomic E-state index is 13.6. The van der Waals surface area contributed by atoms with Crippen molar-refractivity contribution in [3.05, 3.63) is 29.3 Å². The van der Waals surface area contributed by atoms with Crippen LogP contribution in [0.4, 0.5) is 22.0 Å². The predicted octanol–water partition coefficient (Wildman–Crippen LogP) is 2.46. The Labute approximate surface area is 130 Å². The smallest absolute Gasteiger partial charge is 0.422 e. The number of amidine groups is 1. The van der Waals surface area contributed by atoms with Gasteiger partial charge >= 0.3 is 6.18 Å². The van der Waals surface area contributed by atoms with Crippen LogP contribution in [-0.4, -0.2) is 35.8 Å². The second-order valence-electron chi connectivity index (χ2n) is 4.20. The fraction of sp³-hybridized carbons (Fsp3) is 0.250. The maximum Gasteiger partial charge on any atom is 0.422 e. The number of nitrogens with zero attached hydrogens (tertiary/aromatic N) is 2. The van der Waals surface area contributed by atoms with Gasteiger partial charge in [-0.3, -0.25) is 4.79 Å². The van der Waals surface area contributed by atoms with Gasteiger partial charge in [-0.2, -0.15) is 18.3 Å². The van der Waals surface area contributed by atoms with E-state index in [0.717, 1.165) is 30.1 Å². The van der Waals surface area contributed by atoms with E-state index in [2.05, 4.69) is 20.3 Å². The Morgan fingerprint density at radius 2 is 1.96 bits per heavy atom. The van der Waals surface area contributed by atoms with Gasteiger partial charge in [-0.05, 0) is 12.1 Å². The molecule has 0 aromatic heterocycles. The number of halogens is 5. The molecular formula is C12H8F5N3O2S. The third-order valence-corrected chi connectivity index (χ3v) is 3.21. The highest BCUT2D eigenvalue weighted by Crippen LogP contribution is 2.25. The van der Waals surface area contributed by atoms with Gasteiger partial charge in [0.1, 0.15) is 0 Å². The summed E-state index contributed by atoms with van der Waals surface area (Å²) in [4.78, 5) is 10.9. The first-order valence-corrected chi connectivity index (χ1v) is 6.95. The lowest BCUT2D eigenvalue weighted by Crippen LogP contribution is -2.20. The number of hydrogen-bond acceptors (Lipinski definition) is 5. The van der Waals surface area contributed by atoms with Gasteiger partial charge in [0.2, 0.25) is 5.91 Å². The molecule has 1 aromatic carbocycles. The molecule has 0 spiro atoms. The van der Waals surface area contributed by atoms with Crippen LogP contribution >= 0.6 is 11.8 Å². The Bertz CT molecular complexity index is 652. The largest absolute Gasteiger partial charge is 0.478 e. The van der Waals surface area contributed by atoms with E-state index in [0.29, 0.717) is 0 Å². The van der Waals surface area contributed by atoms with Gasteiger partial charge in [0.15, 0.2) is 29.2 Å². The van der Waals surface area contributed by atoms with Gasteiger partial charge in [0.05, 0.1) is 12.0 Å². The van der Waals surface area contributed by atoms with Crippen molar-refractivity contribution >= 4 is 29.1 Å². The Morgan fingerprint density at radius 1 is 1.30 bits per heavy atom. The van der Waals surface area contributed by atoms with Gasteiger partial charge in [-0.25, -0.2) is 8.78 Å². The molecular weight excluding hydrogens is 345 g/mol. The van der Waals surface area contributed by atoms with Crippen LogP contribution in [0, 0.1) is 11.6 Å². The van der Waals surface area contributed by atoms with Gasteiger partial charge in [-0.15, -0.1) is 5.10 Å². The number of ether oxygens (including phenoxy) is 1. The van der Waals surface area contributed by atoms with Crippen molar-refractivity contribution in [1.82, 2.24) is 5.32 Å². The van der Waals surface area contributed by atoms with E-state index < -0.39 is 30.2 Å². The number of alkyl halides is 3. The standard InChI is InChI=1S/C12H8F5N3O2S/c13-7-1-6(3-18-20-11-19-9(21)4-23-11)2-8(14)10(7)22-5-12(15,16)17/h1-3H,4-5H2,(H,19,20,21). The topological polar surface area (TPSA) is 63.0 Å². The highest BCUT2D eigenvalue weighted by atomic mass is 32.2. The van der Waals surface area contributed by atoms with Crippen molar-refractivity contribution in [3.8, 4) is 5.75 Å². The Hall–Kier alpha value is -2.17. The first-order chi connectivity index (χ1) is 10.7. The van der Waals surface area contributed by atoms with E-state index in [1.54, 1.807) is 0 Å². The van der Waals surface area contributed by atoms with Crippen LogP contribution in [0.2, 0.25) is 0 Å². The molecule has 124 valence electrons. The molecule has 11 heteroatoms. The second kappa shape index (κ2) is 6.94. The van der Waals surface area contributed by atoms with Crippen molar-refractivity contribution in [2.45, 2.75) is 6.18 Å². The molecule has 0 aliphatic carbocycles. The third kappa shape index (κ3) is 5.20. The van der Waals surface area contributed by atoms with Crippen molar-refractivity contribution in [3.63, 3.8) is 0 Å². The molecule has 0 unspecified atom stereocenters. The molecule has 0 saturated carbocycles. The first-order valence-electron chi connectivity index (χ1n) is 5.97. The number of benzene rings is 1. The van der Waals surface area contributed by atoms with Crippen molar-refractivity contribution in [2.24, 2.45) is 10.2 Å². The molecule has 1 aliphatic rings. The summed E-state index contributed by atoms with van der Waals surface area (Å²) >= 11 is 1.10. The minimum Gasteiger partial charge on any atom is -0.478 e. The van der Waals surface area contributed by atoms with Gasteiger partial charge in [0.25, 0.3) is 0 Å². The van der Waals surface area contributed by atoms with E-state index in [1.165, 1.54) is 0 Å². The molecule has 1 fully saturated rings. The van der Waals surface area contributed by atoms with Crippen LogP contribution < -0.4 is 10.1 Å². The summed E-state index contributed by atoms with van der Waals surface area (Å²) in [5.41, 5.74) is -0.0713. The maximum atomic E-state index is 13.6. The molecule has 1 aromatic rings. The lowest BCUT2D eigenvalue weighted by Gasteiger charge is -2.10. The van der Waals surface area contributed by atoms with Crippen molar-refractivity contribution in [1.29, 1.82) is 0 Å². The van der Waals surface area contributed by atoms with Crippen LogP contribution in [0.15, 0.2) is 22.3 Å². The quantitative estimate of drug-likeness (QED) is 0.514. The molecule has 1 heterocycles. The third-order valence-electron chi connectivity index (χ3n) is 2.34. The summed E-state index contributed by atoms with van der Waals surface area (Å²) in [7, 11) is 0. The molecule has 0 radical (unpaired) electrons. The highest BCUT2D eigenvalue weighted by Gasteiger charge is 2.29. The van der Waals surface area contributed by atoms with Gasteiger partial charge < -0.3 is 10.1 Å². The van der Waals surface area contributed by atoms with E-state index in [-0.39, 0.29) is 22.4 Å². The monoisotopic (exact) mass is 353 g/mol. The first kappa shape index (κ1) is 17.2. The van der Waals surface area contributed by atoms with E-state index >= 15 is 0 Å². The van der Waals surface area contributed by atoms with Crippen LogP contribution in [0.5, 0.6) is 5.75 Å². The average molecular weight is 353 g/mol. The fourth-order valence-corrected chi connectivity index (χ4v) is 2.10. The lowest BCUT2D eigenvalue weighted by atomic mass is 10.2. The van der Waals surface area contributed by atoms with Crippen LogP contribution in [-0.2, 0) is 4.79 Å². The van der Waals surface area contributed by atoms with Crippen LogP contribution in [0.25, 0.3) is 0 Å². The molecule has 1 amide bonds. The van der Waals surface area contributed by atoms with E-state index in [1.807, 2.05) is 0 Å². The normalized spacial score (nSPS) is 17.1. The predicted molar refractivity (Wildman–Crippen MR) is 73.5 cm³/mol. The molecule has 1 aliphatic heterocycles. The summed E-state index contributed by atoms with van der Waals surface area (Å²) in [5, 5.41) is 9.76. The minimum atomic E-state index is -4.71. The summed E-state index contributed by atoms with van der Waals surface area (Å²) in [6, 6.07) is 1.50. The summed E-state index contributed by atoms with van der Waals surface area (Å²) in [6.07, 6.45) is -3.73. The summed E-state index contributed by atoms with van der Waals surface area (Å²) in [5.74, 6) is -3.77. The average Bonchev–Trinajstić information content (AvgIpc) is 2.82. The molecule has 1 N–H and O–H groups in total. The zero-order valence-corrected chi connectivity index (χ0v) is 12.0. The number of thioether (sulfide) groups is 1. The van der Waals surface area contributed by atoms with Crippen LogP contribution in [0.1, 0.15) is 5.56 Å². The summed E-state index contributed by atoms with van der Waals surface area (Å²) in [6.45, 7) is -1.81. The van der Waals surface area contributed by atoms with Gasteiger partial charge in [0, 0.05) is 5.56 Å². The van der Waals surface area contributed by atoms with E-state index in [9.17, 15) is 26.7 Å². The summed E-state index contributed by atoms with van der Waals surface area (Å²) < 4.78 is 67.2. The Balaban J connectivity index is 2.08. The number of rotatable bonds is 4. The molecule has 23 heavy (non-hydrogen) atoms. The molecule has 1 saturated heterocycles. The Morgan fingerprint density at radius 3 is 2.48 bits per heavy atom. The molecule has 0 atom stereocenters. The van der Waals surface area contributed by atoms with E-state index in [4.69, 9.17) is 0 Å². The highest BCUT2D eigenvalue weighted by molar-refractivity contribution is 8.15.